The molecule has 0 saturated carbocycles. The number of aromatic nitrogens is 2. The Morgan fingerprint density at radius 3 is 3.04 bits per heavy atom. The molecule has 0 atom stereocenters. The third-order valence-electron chi connectivity index (χ3n) is 4.90. The fraction of sp³-hybridized carbons (Fsp3) is 0.350. The summed E-state index contributed by atoms with van der Waals surface area (Å²) in [4.78, 5) is 21.2. The lowest BCUT2D eigenvalue weighted by molar-refractivity contribution is 0.692. The van der Waals surface area contributed by atoms with Crippen molar-refractivity contribution in [3.8, 4) is 6.07 Å². The Kier molecular flexibility index (Phi) is 5.19. The highest BCUT2D eigenvalue weighted by Crippen LogP contribution is 2.33. The molecule has 0 unspecified atom stereocenters. The lowest BCUT2D eigenvalue weighted by Gasteiger charge is -2.13. The zero-order valence-electron chi connectivity index (χ0n) is 15.1. The van der Waals surface area contributed by atoms with Crippen molar-refractivity contribution in [2.45, 2.75) is 43.7 Å². The summed E-state index contributed by atoms with van der Waals surface area (Å²) in [6.45, 7) is 0.432. The van der Waals surface area contributed by atoms with Gasteiger partial charge >= 0.3 is 0 Å². The van der Waals surface area contributed by atoms with Crippen molar-refractivity contribution in [3.05, 3.63) is 50.9 Å². The summed E-state index contributed by atoms with van der Waals surface area (Å²) in [6.07, 6.45) is 6.30. The average Bonchev–Trinajstić information content (AvgIpc) is 3.07. The van der Waals surface area contributed by atoms with Gasteiger partial charge in [-0.3, -0.25) is 9.36 Å². The summed E-state index contributed by atoms with van der Waals surface area (Å²) >= 11 is 3.33. The van der Waals surface area contributed by atoms with E-state index in [4.69, 9.17) is 4.98 Å². The van der Waals surface area contributed by atoms with Gasteiger partial charge in [0.1, 0.15) is 17.2 Å². The first-order valence-electron chi connectivity index (χ1n) is 9.00. The summed E-state index contributed by atoms with van der Waals surface area (Å²) < 4.78 is 1.52. The molecule has 0 fully saturated rings. The minimum atomic E-state index is -0.0735. The van der Waals surface area contributed by atoms with E-state index in [1.807, 2.05) is 18.4 Å². The quantitative estimate of drug-likeness (QED) is 0.655. The molecule has 2 heterocycles. The minimum Gasteiger partial charge on any atom is -0.378 e. The number of hydrogen-bond donors (Lipinski definition) is 1. The van der Waals surface area contributed by atoms with Gasteiger partial charge < -0.3 is 5.32 Å². The number of hydrogen-bond acceptors (Lipinski definition) is 6. The van der Waals surface area contributed by atoms with Gasteiger partial charge in [0.05, 0.1) is 18.0 Å². The van der Waals surface area contributed by atoms with E-state index in [9.17, 15) is 10.1 Å². The molecule has 1 aliphatic carbocycles. The van der Waals surface area contributed by atoms with Crippen LogP contribution in [0.3, 0.4) is 0 Å². The van der Waals surface area contributed by atoms with Crippen LogP contribution in [0.15, 0.2) is 34.0 Å². The van der Waals surface area contributed by atoms with Crippen molar-refractivity contribution in [2.75, 3.05) is 11.6 Å². The second-order valence-corrected chi connectivity index (χ2v) is 8.52. The molecule has 0 bridgehead atoms. The highest BCUT2D eigenvalue weighted by molar-refractivity contribution is 7.98. The smallest absolute Gasteiger partial charge is 0.263 e. The Labute approximate surface area is 166 Å². The maximum absolute atomic E-state index is 13.1. The summed E-state index contributed by atoms with van der Waals surface area (Å²) in [7, 11) is 0. The van der Waals surface area contributed by atoms with Crippen molar-refractivity contribution in [1.82, 2.24) is 9.55 Å². The Morgan fingerprint density at radius 2 is 2.22 bits per heavy atom. The zero-order chi connectivity index (χ0) is 18.8. The highest BCUT2D eigenvalue weighted by Gasteiger charge is 2.21. The van der Waals surface area contributed by atoms with Gasteiger partial charge in [0.25, 0.3) is 5.56 Å². The van der Waals surface area contributed by atoms with Crippen LogP contribution < -0.4 is 10.9 Å². The SMILES string of the molecule is CSc1cccc(NCc2nc3sc4c(c3c(=O)n2CC#N)CCCC4)c1. The third kappa shape index (κ3) is 3.47. The fourth-order valence-electron chi connectivity index (χ4n) is 3.56. The van der Waals surface area contributed by atoms with Crippen LogP contribution in [0.1, 0.15) is 29.1 Å². The molecule has 0 spiro atoms. The standard InChI is InChI=1S/C20H20N4OS2/c1-26-14-6-4-5-13(11-14)22-12-17-23-19-18(20(25)24(17)10-9-21)15-7-2-3-8-16(15)27-19/h4-6,11,22H,2-3,7-8,10,12H2,1H3. The minimum absolute atomic E-state index is 0.0221. The first-order valence-corrected chi connectivity index (χ1v) is 11.0. The summed E-state index contributed by atoms with van der Waals surface area (Å²) in [5.41, 5.74) is 2.07. The molecule has 0 radical (unpaired) electrons. The monoisotopic (exact) mass is 396 g/mol. The molecule has 1 aromatic carbocycles. The van der Waals surface area contributed by atoms with E-state index < -0.39 is 0 Å². The van der Waals surface area contributed by atoms with Gasteiger partial charge in [-0.2, -0.15) is 5.26 Å². The first kappa shape index (κ1) is 18.1. The summed E-state index contributed by atoms with van der Waals surface area (Å²) in [5, 5.41) is 13.3. The van der Waals surface area contributed by atoms with Crippen molar-refractivity contribution in [2.24, 2.45) is 0 Å². The van der Waals surface area contributed by atoms with E-state index in [1.165, 1.54) is 20.8 Å². The van der Waals surface area contributed by atoms with Crippen molar-refractivity contribution in [1.29, 1.82) is 5.26 Å². The number of thiophene rings is 1. The molecule has 1 N–H and O–H groups in total. The third-order valence-corrected chi connectivity index (χ3v) is 6.81. The molecular weight excluding hydrogens is 376 g/mol. The molecule has 3 aromatic rings. The van der Waals surface area contributed by atoms with E-state index in [1.54, 1.807) is 23.1 Å². The number of fused-ring (bicyclic) bond motifs is 3. The lowest BCUT2D eigenvalue weighted by Crippen LogP contribution is -2.26. The number of rotatable bonds is 5. The van der Waals surface area contributed by atoms with Gasteiger partial charge in [-0.15, -0.1) is 23.1 Å². The van der Waals surface area contributed by atoms with E-state index in [0.29, 0.717) is 12.4 Å². The highest BCUT2D eigenvalue weighted by atomic mass is 32.2. The number of nitrogens with zero attached hydrogens (tertiary/aromatic N) is 3. The lowest BCUT2D eigenvalue weighted by atomic mass is 9.97. The van der Waals surface area contributed by atoms with Gasteiger partial charge in [-0.25, -0.2) is 4.98 Å². The van der Waals surface area contributed by atoms with Gasteiger partial charge in [0.2, 0.25) is 0 Å². The molecular formula is C20H20N4OS2. The molecule has 27 heavy (non-hydrogen) atoms. The van der Waals surface area contributed by atoms with Crippen molar-refractivity contribution < 1.29 is 0 Å². The van der Waals surface area contributed by atoms with Crippen LogP contribution in [-0.4, -0.2) is 15.8 Å². The Morgan fingerprint density at radius 1 is 1.37 bits per heavy atom. The number of anilines is 1. The van der Waals surface area contributed by atoms with Crippen LogP contribution in [0.5, 0.6) is 0 Å². The number of benzene rings is 1. The van der Waals surface area contributed by atoms with Gasteiger partial charge in [-0.1, -0.05) is 6.07 Å². The Bertz CT molecular complexity index is 1090. The summed E-state index contributed by atoms with van der Waals surface area (Å²) in [5.74, 6) is 0.613. The van der Waals surface area contributed by atoms with Gasteiger partial charge in [0, 0.05) is 15.5 Å². The molecule has 0 amide bonds. The largest absolute Gasteiger partial charge is 0.378 e. The molecule has 0 saturated heterocycles. The number of nitriles is 1. The second-order valence-electron chi connectivity index (χ2n) is 6.55. The van der Waals surface area contributed by atoms with Crippen LogP contribution >= 0.6 is 23.1 Å². The van der Waals surface area contributed by atoms with E-state index in [2.05, 4.69) is 23.5 Å². The maximum Gasteiger partial charge on any atom is 0.263 e. The van der Waals surface area contributed by atoms with Crippen LogP contribution in [0.2, 0.25) is 0 Å². The van der Waals surface area contributed by atoms with E-state index in [0.717, 1.165) is 40.7 Å². The van der Waals surface area contributed by atoms with E-state index in [-0.39, 0.29) is 12.1 Å². The first-order chi connectivity index (χ1) is 13.2. The van der Waals surface area contributed by atoms with Crippen LogP contribution in [0.4, 0.5) is 5.69 Å². The van der Waals surface area contributed by atoms with Crippen molar-refractivity contribution >= 4 is 39.0 Å². The number of thioether (sulfide) groups is 1. The van der Waals surface area contributed by atoms with Crippen molar-refractivity contribution in [3.63, 3.8) is 0 Å². The number of nitrogens with one attached hydrogen (secondary N) is 1. The fourth-order valence-corrected chi connectivity index (χ4v) is 5.29. The predicted octanol–water partition coefficient (Wildman–Crippen LogP) is 4.19. The molecule has 4 rings (SSSR count). The van der Waals surface area contributed by atoms with Gasteiger partial charge in [-0.05, 0) is 55.7 Å². The Balaban J connectivity index is 1.74. The molecule has 1 aliphatic rings. The maximum atomic E-state index is 13.1. The molecule has 7 heteroatoms. The van der Waals surface area contributed by atoms with Gasteiger partial charge in [0.15, 0.2) is 0 Å². The predicted molar refractivity (Wildman–Crippen MR) is 112 cm³/mol. The molecule has 5 nitrogen and oxygen atoms in total. The molecule has 138 valence electrons. The Hall–Kier alpha value is -2.30. The second kappa shape index (κ2) is 7.75. The number of aryl methyl sites for hydroxylation is 2. The van der Waals surface area contributed by atoms with Crippen LogP contribution in [0, 0.1) is 11.3 Å². The summed E-state index contributed by atoms with van der Waals surface area (Å²) in [6, 6.07) is 10.2. The van der Waals surface area contributed by atoms with Crippen LogP contribution in [0.25, 0.3) is 10.2 Å². The van der Waals surface area contributed by atoms with Crippen LogP contribution in [-0.2, 0) is 25.9 Å². The normalized spacial score (nSPS) is 13.3. The molecule has 2 aromatic heterocycles. The molecule has 0 aliphatic heterocycles. The topological polar surface area (TPSA) is 70.7 Å². The average molecular weight is 397 g/mol. The zero-order valence-corrected chi connectivity index (χ0v) is 16.8. The van der Waals surface area contributed by atoms with E-state index >= 15 is 0 Å².